The second kappa shape index (κ2) is 5.21. The van der Waals surface area contributed by atoms with Crippen LogP contribution in [-0.4, -0.2) is 11.1 Å². The molecule has 0 aliphatic rings. The fourth-order valence-electron chi connectivity index (χ4n) is 1.28. The van der Waals surface area contributed by atoms with Crippen LogP contribution in [-0.2, 0) is 0 Å². The number of hydrogen-bond donors (Lipinski definition) is 1. The second-order valence-corrected chi connectivity index (χ2v) is 5.13. The molecule has 0 bridgehead atoms. The van der Waals surface area contributed by atoms with E-state index in [1.54, 1.807) is 23.6 Å². The maximum absolute atomic E-state index is 10.7. The van der Waals surface area contributed by atoms with Crippen molar-refractivity contribution in [2.45, 2.75) is 0 Å². The molecule has 0 amide bonds. The number of hydrogen-bond acceptors (Lipinski definition) is 4. The van der Waals surface area contributed by atoms with Crippen LogP contribution in [0.4, 0.5) is 0 Å². The molecule has 0 saturated heterocycles. The van der Waals surface area contributed by atoms with Gasteiger partial charge in [0.2, 0.25) is 0 Å². The highest BCUT2D eigenvalue weighted by Crippen LogP contribution is 2.31. The van der Waals surface area contributed by atoms with Gasteiger partial charge in [0.1, 0.15) is 22.4 Å². The van der Waals surface area contributed by atoms with E-state index in [2.05, 4.69) is 15.9 Å². The van der Waals surface area contributed by atoms with Crippen LogP contribution in [0.3, 0.4) is 0 Å². The van der Waals surface area contributed by atoms with E-state index in [1.807, 2.05) is 6.07 Å². The molecule has 1 aromatic carbocycles. The number of halogens is 1. The van der Waals surface area contributed by atoms with Crippen molar-refractivity contribution in [2.24, 2.45) is 0 Å². The Bertz CT molecular complexity index is 645. The van der Waals surface area contributed by atoms with Crippen LogP contribution in [0.2, 0.25) is 0 Å². The van der Waals surface area contributed by atoms with E-state index < -0.39 is 5.97 Å². The van der Waals surface area contributed by atoms with Gasteiger partial charge < -0.3 is 9.84 Å². The van der Waals surface area contributed by atoms with Crippen molar-refractivity contribution in [2.75, 3.05) is 0 Å². The number of ether oxygens (including phenoxy) is 1. The van der Waals surface area contributed by atoms with Crippen molar-refractivity contribution in [3.63, 3.8) is 0 Å². The Kier molecular flexibility index (Phi) is 3.65. The molecule has 90 valence electrons. The topological polar surface area (TPSA) is 70.3 Å². The Morgan fingerprint density at radius 3 is 2.83 bits per heavy atom. The monoisotopic (exact) mass is 323 g/mol. The second-order valence-electron chi connectivity index (χ2n) is 3.31. The van der Waals surface area contributed by atoms with Gasteiger partial charge >= 0.3 is 5.97 Å². The Morgan fingerprint density at radius 2 is 2.22 bits per heavy atom. The number of nitrogens with zero attached hydrogens (tertiary/aromatic N) is 1. The van der Waals surface area contributed by atoms with Crippen LogP contribution in [0.1, 0.15) is 15.2 Å². The van der Waals surface area contributed by atoms with Crippen LogP contribution in [0, 0.1) is 11.3 Å². The van der Waals surface area contributed by atoms with Crippen molar-refractivity contribution in [1.82, 2.24) is 0 Å². The lowest BCUT2D eigenvalue weighted by atomic mass is 10.2. The molecule has 6 heteroatoms. The minimum Gasteiger partial charge on any atom is -0.477 e. The highest BCUT2D eigenvalue weighted by molar-refractivity contribution is 9.10. The molecule has 0 radical (unpaired) electrons. The molecule has 0 aliphatic carbocycles. The first-order valence-corrected chi connectivity index (χ1v) is 6.47. The number of nitriles is 1. The van der Waals surface area contributed by atoms with Crippen molar-refractivity contribution < 1.29 is 14.6 Å². The van der Waals surface area contributed by atoms with E-state index in [0.29, 0.717) is 17.1 Å². The maximum Gasteiger partial charge on any atom is 0.346 e. The Labute approximate surface area is 115 Å². The molecule has 4 nitrogen and oxygen atoms in total. The third-order valence-electron chi connectivity index (χ3n) is 2.08. The summed E-state index contributed by atoms with van der Waals surface area (Å²) in [5.41, 5.74) is 0.390. The molecule has 1 heterocycles. The first kappa shape index (κ1) is 12.6. The molecule has 0 aliphatic heterocycles. The van der Waals surface area contributed by atoms with E-state index in [4.69, 9.17) is 15.1 Å². The highest BCUT2D eigenvalue weighted by atomic mass is 79.9. The minimum absolute atomic E-state index is 0.193. The fraction of sp³-hybridized carbons (Fsp3) is 0. The molecule has 1 N–H and O–H groups in total. The number of thiophene rings is 1. The van der Waals surface area contributed by atoms with Gasteiger partial charge in [-0.15, -0.1) is 11.3 Å². The smallest absolute Gasteiger partial charge is 0.346 e. The van der Waals surface area contributed by atoms with Crippen LogP contribution in [0.15, 0.2) is 34.1 Å². The lowest BCUT2D eigenvalue weighted by Gasteiger charge is -2.05. The van der Waals surface area contributed by atoms with Gasteiger partial charge in [-0.3, -0.25) is 0 Å². The third-order valence-corrected chi connectivity index (χ3v) is 3.47. The van der Waals surface area contributed by atoms with Gasteiger partial charge in [-0.1, -0.05) is 15.9 Å². The highest BCUT2D eigenvalue weighted by Gasteiger charge is 2.10. The number of aromatic carboxylic acids is 1. The average Bonchev–Trinajstić information content (AvgIpc) is 2.78. The van der Waals surface area contributed by atoms with E-state index >= 15 is 0 Å². The normalized spacial score (nSPS) is 9.78. The number of rotatable bonds is 3. The maximum atomic E-state index is 10.7. The van der Waals surface area contributed by atoms with Gasteiger partial charge in [0.15, 0.2) is 0 Å². The largest absolute Gasteiger partial charge is 0.477 e. The van der Waals surface area contributed by atoms with Gasteiger partial charge in [0.05, 0.1) is 5.56 Å². The summed E-state index contributed by atoms with van der Waals surface area (Å²) >= 11 is 4.36. The average molecular weight is 324 g/mol. The van der Waals surface area contributed by atoms with Crippen molar-refractivity contribution in [3.05, 3.63) is 44.6 Å². The number of benzene rings is 1. The van der Waals surface area contributed by atoms with Gasteiger partial charge in [0.25, 0.3) is 0 Å². The van der Waals surface area contributed by atoms with Crippen LogP contribution in [0.25, 0.3) is 0 Å². The van der Waals surface area contributed by atoms with Crippen molar-refractivity contribution in [3.8, 4) is 17.6 Å². The minimum atomic E-state index is -0.996. The quantitative estimate of drug-likeness (QED) is 0.930. The predicted molar refractivity (Wildman–Crippen MR) is 70.2 cm³/mol. The summed E-state index contributed by atoms with van der Waals surface area (Å²) in [4.78, 5) is 10.9. The standard InChI is InChI=1S/C12H6BrNO3S/c13-8-2-1-7(5-14)10(3-8)17-9-4-11(12(15)16)18-6-9/h1-4,6H,(H,15,16). The van der Waals surface area contributed by atoms with Crippen LogP contribution >= 0.6 is 27.3 Å². The molecule has 0 saturated carbocycles. The zero-order valence-corrected chi connectivity index (χ0v) is 11.3. The molecular formula is C12H6BrNO3S. The summed E-state index contributed by atoms with van der Waals surface area (Å²) in [6, 6.07) is 8.47. The summed E-state index contributed by atoms with van der Waals surface area (Å²) < 4.78 is 6.29. The molecule has 0 fully saturated rings. The van der Waals surface area contributed by atoms with E-state index in [1.165, 1.54) is 6.07 Å². The number of carboxylic acids is 1. The van der Waals surface area contributed by atoms with Gasteiger partial charge in [-0.05, 0) is 18.2 Å². The molecule has 0 spiro atoms. The molecule has 2 aromatic rings. The molecule has 1 aromatic heterocycles. The van der Waals surface area contributed by atoms with E-state index in [9.17, 15) is 4.79 Å². The summed E-state index contributed by atoms with van der Waals surface area (Å²) in [5.74, 6) is -0.196. The first-order valence-electron chi connectivity index (χ1n) is 4.79. The summed E-state index contributed by atoms with van der Waals surface area (Å²) in [6.07, 6.45) is 0. The molecule has 18 heavy (non-hydrogen) atoms. The number of carbonyl (C=O) groups is 1. The van der Waals surface area contributed by atoms with Crippen LogP contribution in [0.5, 0.6) is 11.5 Å². The molecular weight excluding hydrogens is 318 g/mol. The summed E-state index contributed by atoms with van der Waals surface area (Å²) in [7, 11) is 0. The van der Waals surface area contributed by atoms with Crippen molar-refractivity contribution in [1.29, 1.82) is 5.26 Å². The number of carboxylic acid groups (broad SMARTS) is 1. The van der Waals surface area contributed by atoms with Gasteiger partial charge in [0, 0.05) is 15.9 Å². The van der Waals surface area contributed by atoms with Gasteiger partial charge in [-0.25, -0.2) is 4.79 Å². The molecule has 2 rings (SSSR count). The zero-order valence-electron chi connectivity index (χ0n) is 8.88. The first-order chi connectivity index (χ1) is 8.60. The molecule has 0 atom stereocenters. The summed E-state index contributed by atoms with van der Waals surface area (Å²) in [6.45, 7) is 0. The van der Waals surface area contributed by atoms with Crippen molar-refractivity contribution >= 4 is 33.2 Å². The lowest BCUT2D eigenvalue weighted by molar-refractivity contribution is 0.0702. The zero-order chi connectivity index (χ0) is 13.1. The van der Waals surface area contributed by atoms with E-state index in [-0.39, 0.29) is 4.88 Å². The third kappa shape index (κ3) is 2.70. The molecule has 0 unspecified atom stereocenters. The van der Waals surface area contributed by atoms with Gasteiger partial charge in [-0.2, -0.15) is 5.26 Å². The Balaban J connectivity index is 2.30. The Morgan fingerprint density at radius 1 is 1.44 bits per heavy atom. The van der Waals surface area contributed by atoms with Crippen LogP contribution < -0.4 is 4.74 Å². The SMILES string of the molecule is N#Cc1ccc(Br)cc1Oc1csc(C(=O)O)c1. The summed E-state index contributed by atoms with van der Waals surface area (Å²) in [5, 5.41) is 19.3. The predicted octanol–water partition coefficient (Wildman–Crippen LogP) is 3.87. The lowest BCUT2D eigenvalue weighted by Crippen LogP contribution is -1.91. The van der Waals surface area contributed by atoms with E-state index in [0.717, 1.165) is 15.8 Å². The fourth-order valence-corrected chi connectivity index (χ4v) is 2.27. The Hall–Kier alpha value is -1.84.